The first kappa shape index (κ1) is 13.2. The van der Waals surface area contributed by atoms with Crippen LogP contribution < -0.4 is 11.1 Å². The number of benzene rings is 1. The lowest BCUT2D eigenvalue weighted by atomic mass is 9.99. The second kappa shape index (κ2) is 5.32. The molecule has 2 atom stereocenters. The number of anilines is 1. The van der Waals surface area contributed by atoms with Gasteiger partial charge >= 0.3 is 0 Å². The molecule has 5 nitrogen and oxygen atoms in total. The third-order valence-corrected chi connectivity index (χ3v) is 4.47. The smallest absolute Gasteiger partial charge is 0.251 e. The van der Waals surface area contributed by atoms with Gasteiger partial charge in [0.25, 0.3) is 5.91 Å². The number of aromatic hydroxyl groups is 1. The van der Waals surface area contributed by atoms with E-state index in [-0.39, 0.29) is 17.7 Å². The Bertz CT molecular complexity index is 518. The van der Waals surface area contributed by atoms with Crippen LogP contribution in [0.2, 0.25) is 0 Å². The fourth-order valence-corrected chi connectivity index (χ4v) is 3.35. The van der Waals surface area contributed by atoms with E-state index in [1.807, 2.05) is 0 Å². The SMILES string of the molecule is Nc1ccc(C(=O)NC2CCN3CCCCC23)cc1O. The minimum absolute atomic E-state index is 0.0386. The summed E-state index contributed by atoms with van der Waals surface area (Å²) >= 11 is 0. The van der Waals surface area contributed by atoms with E-state index in [4.69, 9.17) is 5.73 Å². The normalized spacial score (nSPS) is 26.2. The second-order valence-electron chi connectivity index (χ2n) is 5.74. The Hall–Kier alpha value is -1.75. The number of hydrogen-bond donors (Lipinski definition) is 3. The summed E-state index contributed by atoms with van der Waals surface area (Å²) in [7, 11) is 0. The van der Waals surface area contributed by atoms with Crippen molar-refractivity contribution in [1.82, 2.24) is 10.2 Å². The average Bonchev–Trinajstić information content (AvgIpc) is 2.85. The number of hydrogen-bond acceptors (Lipinski definition) is 4. The van der Waals surface area contributed by atoms with E-state index >= 15 is 0 Å². The molecule has 2 saturated heterocycles. The van der Waals surface area contributed by atoms with Crippen molar-refractivity contribution < 1.29 is 9.90 Å². The third-order valence-electron chi connectivity index (χ3n) is 4.47. The van der Waals surface area contributed by atoms with Crippen LogP contribution in [0.15, 0.2) is 18.2 Å². The van der Waals surface area contributed by atoms with Crippen molar-refractivity contribution in [2.75, 3.05) is 18.8 Å². The zero-order valence-electron chi connectivity index (χ0n) is 11.5. The molecule has 4 N–H and O–H groups in total. The highest BCUT2D eigenvalue weighted by molar-refractivity contribution is 5.95. The van der Waals surface area contributed by atoms with Gasteiger partial charge in [-0.2, -0.15) is 0 Å². The van der Waals surface area contributed by atoms with Crippen molar-refractivity contribution in [3.8, 4) is 5.75 Å². The predicted octanol–water partition coefficient (Wildman–Crippen LogP) is 1.33. The number of piperidine rings is 1. The minimum Gasteiger partial charge on any atom is -0.506 e. The Morgan fingerprint density at radius 3 is 2.95 bits per heavy atom. The summed E-state index contributed by atoms with van der Waals surface area (Å²) in [4.78, 5) is 14.7. The van der Waals surface area contributed by atoms with Gasteiger partial charge in [0, 0.05) is 24.2 Å². The topological polar surface area (TPSA) is 78.6 Å². The molecular formula is C15H21N3O2. The van der Waals surface area contributed by atoms with Gasteiger partial charge < -0.3 is 16.2 Å². The first-order chi connectivity index (χ1) is 9.65. The first-order valence-corrected chi connectivity index (χ1v) is 7.28. The van der Waals surface area contributed by atoms with Crippen molar-refractivity contribution in [2.45, 2.75) is 37.8 Å². The van der Waals surface area contributed by atoms with Crippen LogP contribution in [0.4, 0.5) is 5.69 Å². The van der Waals surface area contributed by atoms with Gasteiger partial charge in [-0.1, -0.05) is 6.42 Å². The predicted molar refractivity (Wildman–Crippen MR) is 77.6 cm³/mol. The van der Waals surface area contributed by atoms with Crippen molar-refractivity contribution in [3.05, 3.63) is 23.8 Å². The summed E-state index contributed by atoms with van der Waals surface area (Å²) in [6, 6.07) is 5.35. The molecule has 2 fully saturated rings. The lowest BCUT2D eigenvalue weighted by Crippen LogP contribution is -2.46. The maximum absolute atomic E-state index is 12.3. The van der Waals surface area contributed by atoms with Crippen LogP contribution in [-0.2, 0) is 0 Å². The van der Waals surface area contributed by atoms with E-state index < -0.39 is 0 Å². The van der Waals surface area contributed by atoms with E-state index in [2.05, 4.69) is 10.2 Å². The lowest BCUT2D eigenvalue weighted by Gasteiger charge is -2.32. The summed E-state index contributed by atoms with van der Waals surface area (Å²) < 4.78 is 0. The van der Waals surface area contributed by atoms with Crippen LogP contribution in [0.25, 0.3) is 0 Å². The fourth-order valence-electron chi connectivity index (χ4n) is 3.35. The van der Waals surface area contributed by atoms with Crippen LogP contribution in [0, 0.1) is 0 Å². The number of nitrogens with one attached hydrogen (secondary N) is 1. The second-order valence-corrected chi connectivity index (χ2v) is 5.74. The number of amides is 1. The van der Waals surface area contributed by atoms with Gasteiger partial charge in [-0.25, -0.2) is 0 Å². The fraction of sp³-hybridized carbons (Fsp3) is 0.533. The standard InChI is InChI=1S/C15H21N3O2/c16-11-5-4-10(9-14(11)19)15(20)17-12-6-8-18-7-2-1-3-13(12)18/h4-5,9,12-13,19H,1-3,6-8,16H2,(H,17,20). The van der Waals surface area contributed by atoms with Crippen molar-refractivity contribution in [1.29, 1.82) is 0 Å². The average molecular weight is 275 g/mol. The molecular weight excluding hydrogens is 254 g/mol. The van der Waals surface area contributed by atoms with Gasteiger partial charge in [-0.3, -0.25) is 9.69 Å². The van der Waals surface area contributed by atoms with Crippen LogP contribution >= 0.6 is 0 Å². The van der Waals surface area contributed by atoms with Gasteiger partial charge in [0.05, 0.1) is 5.69 Å². The summed E-state index contributed by atoms with van der Waals surface area (Å²) in [6.45, 7) is 2.22. The van der Waals surface area contributed by atoms with E-state index in [0.717, 1.165) is 25.9 Å². The molecule has 0 aliphatic carbocycles. The summed E-state index contributed by atoms with van der Waals surface area (Å²) in [5.74, 6) is -0.166. The molecule has 0 saturated carbocycles. The maximum Gasteiger partial charge on any atom is 0.251 e. The third kappa shape index (κ3) is 2.45. The number of rotatable bonds is 2. The molecule has 1 aromatic carbocycles. The van der Waals surface area contributed by atoms with Gasteiger partial charge in [-0.15, -0.1) is 0 Å². The molecule has 2 heterocycles. The monoisotopic (exact) mass is 275 g/mol. The van der Waals surface area contributed by atoms with Gasteiger partial charge in [0.1, 0.15) is 5.75 Å². The van der Waals surface area contributed by atoms with Crippen LogP contribution in [-0.4, -0.2) is 41.1 Å². The number of phenols is 1. The molecule has 2 aliphatic heterocycles. The number of carbonyl (C=O) groups is 1. The molecule has 0 radical (unpaired) electrons. The van der Waals surface area contributed by atoms with Crippen molar-refractivity contribution in [3.63, 3.8) is 0 Å². The van der Waals surface area contributed by atoms with E-state index in [1.165, 1.54) is 18.9 Å². The Morgan fingerprint density at radius 1 is 1.30 bits per heavy atom. The van der Waals surface area contributed by atoms with Crippen LogP contribution in [0.5, 0.6) is 5.75 Å². The Balaban J connectivity index is 1.68. The Morgan fingerprint density at radius 2 is 2.15 bits per heavy atom. The van der Waals surface area contributed by atoms with Crippen molar-refractivity contribution >= 4 is 11.6 Å². The molecule has 20 heavy (non-hydrogen) atoms. The number of phenolic OH excluding ortho intramolecular Hbond substituents is 1. The molecule has 0 aromatic heterocycles. The molecule has 5 heteroatoms. The summed E-state index contributed by atoms with van der Waals surface area (Å²) in [6.07, 6.45) is 4.69. The molecule has 1 amide bonds. The summed E-state index contributed by atoms with van der Waals surface area (Å²) in [5, 5.41) is 12.7. The van der Waals surface area contributed by atoms with Crippen molar-refractivity contribution in [2.24, 2.45) is 0 Å². The molecule has 108 valence electrons. The van der Waals surface area contributed by atoms with Gasteiger partial charge in [0.2, 0.25) is 0 Å². The number of nitrogen functional groups attached to an aromatic ring is 1. The summed E-state index contributed by atoms with van der Waals surface area (Å²) in [5.41, 5.74) is 6.31. The highest BCUT2D eigenvalue weighted by Crippen LogP contribution is 2.27. The molecule has 1 aromatic rings. The number of carbonyl (C=O) groups excluding carboxylic acids is 1. The number of nitrogens with two attached hydrogens (primary N) is 1. The lowest BCUT2D eigenvalue weighted by molar-refractivity contribution is 0.0915. The maximum atomic E-state index is 12.3. The first-order valence-electron chi connectivity index (χ1n) is 7.28. The Kier molecular flexibility index (Phi) is 3.53. The minimum atomic E-state index is -0.127. The van der Waals surface area contributed by atoms with E-state index in [1.54, 1.807) is 12.1 Å². The zero-order chi connectivity index (χ0) is 14.1. The van der Waals surface area contributed by atoms with Gasteiger partial charge in [0.15, 0.2) is 0 Å². The molecule has 2 aliphatic rings. The Labute approximate surface area is 118 Å². The van der Waals surface area contributed by atoms with Gasteiger partial charge in [-0.05, 0) is 44.0 Å². The number of fused-ring (bicyclic) bond motifs is 1. The number of nitrogens with zero attached hydrogens (tertiary/aromatic N) is 1. The quantitative estimate of drug-likeness (QED) is 0.562. The largest absolute Gasteiger partial charge is 0.506 e. The highest BCUT2D eigenvalue weighted by Gasteiger charge is 2.36. The molecule has 3 rings (SSSR count). The van der Waals surface area contributed by atoms with E-state index in [9.17, 15) is 9.90 Å². The zero-order valence-corrected chi connectivity index (χ0v) is 11.5. The molecule has 0 spiro atoms. The van der Waals surface area contributed by atoms with Crippen LogP contribution in [0.1, 0.15) is 36.0 Å². The van der Waals surface area contributed by atoms with E-state index in [0.29, 0.717) is 17.3 Å². The highest BCUT2D eigenvalue weighted by atomic mass is 16.3. The van der Waals surface area contributed by atoms with Crippen LogP contribution in [0.3, 0.4) is 0 Å². The molecule has 0 bridgehead atoms. The molecule has 2 unspecified atom stereocenters.